The standard InChI is InChI=1S/C35H40FN9O3/c36-29(9-14-43-12-2-13-43)34(46)41-27-3-1-11-44(22-27)21-24-8-10-37-31(19-24)35(47)40-26-6-4-25(5-7-26)30-20-28-32(42-30)38-23-39-33(28)45-15-17-48-18-16-45/h4-10,19-20,23,27H,1-3,11-18,21-22H2,(H,40,47)(H,41,46)(H,38,39,42)/b29-9-. The summed E-state index contributed by atoms with van der Waals surface area (Å²) in [7, 11) is 0. The molecule has 3 N–H and O–H groups in total. The summed E-state index contributed by atoms with van der Waals surface area (Å²) in [4.78, 5) is 48.8. The Kier molecular flexibility index (Phi) is 9.68. The van der Waals surface area contributed by atoms with Gasteiger partial charge in [0, 0.05) is 56.3 Å². The van der Waals surface area contributed by atoms with Crippen LogP contribution in [0.1, 0.15) is 35.3 Å². The van der Waals surface area contributed by atoms with Crippen LogP contribution in [0.3, 0.4) is 0 Å². The number of carbonyl (C=O) groups is 2. The molecule has 3 saturated heterocycles. The molecular formula is C35H40FN9O3. The number of carbonyl (C=O) groups excluding carboxylic acids is 2. The third kappa shape index (κ3) is 7.53. The van der Waals surface area contributed by atoms with Gasteiger partial charge in [-0.3, -0.25) is 24.4 Å². The highest BCUT2D eigenvalue weighted by Crippen LogP contribution is 2.30. The van der Waals surface area contributed by atoms with Gasteiger partial charge in [0.1, 0.15) is 23.5 Å². The lowest BCUT2D eigenvalue weighted by molar-refractivity contribution is -0.120. The lowest BCUT2D eigenvalue weighted by Crippen LogP contribution is -2.47. The summed E-state index contributed by atoms with van der Waals surface area (Å²) in [6.07, 6.45) is 7.40. The maximum atomic E-state index is 14.4. The molecule has 48 heavy (non-hydrogen) atoms. The van der Waals surface area contributed by atoms with Crippen LogP contribution in [0, 0.1) is 0 Å². The molecule has 0 spiro atoms. The number of aromatic nitrogens is 4. The number of nitrogens with zero attached hydrogens (tertiary/aromatic N) is 6. The maximum Gasteiger partial charge on any atom is 0.279 e. The molecule has 7 rings (SSSR count). The monoisotopic (exact) mass is 653 g/mol. The van der Waals surface area contributed by atoms with Gasteiger partial charge in [-0.15, -0.1) is 0 Å². The molecule has 12 nitrogen and oxygen atoms in total. The van der Waals surface area contributed by atoms with Gasteiger partial charge in [0.15, 0.2) is 5.83 Å². The normalized spacial score (nSPS) is 19.2. The third-order valence-corrected chi connectivity index (χ3v) is 9.17. The number of ether oxygens (including phenoxy) is 1. The second kappa shape index (κ2) is 14.6. The summed E-state index contributed by atoms with van der Waals surface area (Å²) in [5.74, 6) is -0.770. The summed E-state index contributed by atoms with van der Waals surface area (Å²) in [5, 5.41) is 6.77. The number of morpholine rings is 1. The van der Waals surface area contributed by atoms with E-state index in [2.05, 4.69) is 51.3 Å². The smallest absolute Gasteiger partial charge is 0.279 e. The van der Waals surface area contributed by atoms with Gasteiger partial charge in [0.2, 0.25) is 0 Å². The van der Waals surface area contributed by atoms with E-state index in [-0.39, 0.29) is 11.9 Å². The Morgan fingerprint density at radius 1 is 0.979 bits per heavy atom. The molecule has 3 aromatic heterocycles. The Morgan fingerprint density at radius 2 is 1.79 bits per heavy atom. The highest BCUT2D eigenvalue weighted by molar-refractivity contribution is 6.03. The fourth-order valence-electron chi connectivity index (χ4n) is 6.43. The molecule has 1 unspecified atom stereocenters. The van der Waals surface area contributed by atoms with Gasteiger partial charge in [-0.1, -0.05) is 12.1 Å². The van der Waals surface area contributed by atoms with Crippen LogP contribution < -0.4 is 15.5 Å². The van der Waals surface area contributed by atoms with Crippen LogP contribution >= 0.6 is 0 Å². The van der Waals surface area contributed by atoms with E-state index in [1.165, 1.54) is 6.08 Å². The molecule has 3 aliphatic rings. The average molecular weight is 654 g/mol. The Labute approximate surface area is 278 Å². The molecule has 4 aromatic rings. The number of pyridine rings is 1. The first-order chi connectivity index (χ1) is 23.5. The topological polar surface area (TPSA) is 132 Å². The predicted molar refractivity (Wildman–Crippen MR) is 181 cm³/mol. The molecule has 1 aromatic carbocycles. The number of halogens is 1. The van der Waals surface area contributed by atoms with E-state index in [1.807, 2.05) is 30.3 Å². The lowest BCUT2D eigenvalue weighted by Gasteiger charge is -2.33. The maximum absolute atomic E-state index is 14.4. The van der Waals surface area contributed by atoms with E-state index in [0.29, 0.717) is 44.2 Å². The minimum Gasteiger partial charge on any atom is -0.378 e. The zero-order valence-electron chi connectivity index (χ0n) is 26.8. The quantitative estimate of drug-likeness (QED) is 0.219. The van der Waals surface area contributed by atoms with Crippen LogP contribution in [0.15, 0.2) is 66.9 Å². The number of rotatable bonds is 10. The van der Waals surface area contributed by atoms with Crippen molar-refractivity contribution in [3.05, 3.63) is 78.1 Å². The van der Waals surface area contributed by atoms with Gasteiger partial charge >= 0.3 is 0 Å². The summed E-state index contributed by atoms with van der Waals surface area (Å²) in [5.41, 5.74) is 4.56. The summed E-state index contributed by atoms with van der Waals surface area (Å²) in [6, 6.07) is 13.2. The number of aromatic amines is 1. The molecule has 0 bridgehead atoms. The first-order valence-corrected chi connectivity index (χ1v) is 16.6. The van der Waals surface area contributed by atoms with E-state index in [1.54, 1.807) is 18.6 Å². The fourth-order valence-corrected chi connectivity index (χ4v) is 6.43. The van der Waals surface area contributed by atoms with E-state index in [9.17, 15) is 14.0 Å². The van der Waals surface area contributed by atoms with E-state index < -0.39 is 11.7 Å². The van der Waals surface area contributed by atoms with Crippen LogP contribution in [0.25, 0.3) is 22.3 Å². The van der Waals surface area contributed by atoms with Crippen molar-refractivity contribution in [3.63, 3.8) is 0 Å². The summed E-state index contributed by atoms with van der Waals surface area (Å²) < 4.78 is 19.8. The predicted octanol–water partition coefficient (Wildman–Crippen LogP) is 3.75. The van der Waals surface area contributed by atoms with Crippen molar-refractivity contribution in [3.8, 4) is 11.3 Å². The second-order valence-corrected chi connectivity index (χ2v) is 12.6. The average Bonchev–Trinajstić information content (AvgIpc) is 3.53. The molecule has 1 atom stereocenters. The lowest BCUT2D eigenvalue weighted by atomic mass is 10.0. The van der Waals surface area contributed by atoms with Crippen LogP contribution in [0.4, 0.5) is 15.9 Å². The number of piperidine rings is 1. The third-order valence-electron chi connectivity index (χ3n) is 9.17. The molecule has 3 aliphatic heterocycles. The molecule has 2 amide bonds. The van der Waals surface area contributed by atoms with Gasteiger partial charge in [0.25, 0.3) is 11.8 Å². The number of amides is 2. The second-order valence-electron chi connectivity index (χ2n) is 12.6. The van der Waals surface area contributed by atoms with Crippen LogP contribution in [-0.2, 0) is 16.1 Å². The SMILES string of the molecule is O=C(NC1CCCN(Cc2ccnc(C(=O)Nc3ccc(-c4cc5c(N6CCOCC6)ncnc5[nH]4)cc3)c2)C1)/C(F)=C/CN1CCC1. The molecule has 0 radical (unpaired) electrons. The Balaban J connectivity index is 0.942. The number of fused-ring (bicyclic) bond motifs is 1. The van der Waals surface area contributed by atoms with Crippen LogP contribution in [0.5, 0.6) is 0 Å². The van der Waals surface area contributed by atoms with Crippen molar-refractivity contribution in [2.24, 2.45) is 0 Å². The van der Waals surface area contributed by atoms with Gasteiger partial charge < -0.3 is 25.3 Å². The van der Waals surface area contributed by atoms with Crippen LogP contribution in [-0.4, -0.2) is 107 Å². The number of likely N-dealkylation sites (tertiary alicyclic amines) is 2. The Hall–Kier alpha value is -4.72. The highest BCUT2D eigenvalue weighted by Gasteiger charge is 2.24. The first-order valence-electron chi connectivity index (χ1n) is 16.6. The van der Waals surface area contributed by atoms with Crippen molar-refractivity contribution < 1.29 is 18.7 Å². The van der Waals surface area contributed by atoms with Crippen molar-refractivity contribution in [1.82, 2.24) is 35.1 Å². The minimum absolute atomic E-state index is 0.133. The van der Waals surface area contributed by atoms with Crippen molar-refractivity contribution in [2.45, 2.75) is 31.8 Å². The minimum atomic E-state index is -0.718. The van der Waals surface area contributed by atoms with E-state index in [0.717, 1.165) is 85.7 Å². The van der Waals surface area contributed by atoms with Gasteiger partial charge in [-0.2, -0.15) is 0 Å². The molecular weight excluding hydrogens is 613 g/mol. The number of hydrogen-bond acceptors (Lipinski definition) is 9. The molecule has 6 heterocycles. The molecule has 0 aliphatic carbocycles. The zero-order chi connectivity index (χ0) is 32.9. The van der Waals surface area contributed by atoms with Crippen molar-refractivity contribution >= 4 is 34.4 Å². The van der Waals surface area contributed by atoms with E-state index in [4.69, 9.17) is 4.74 Å². The van der Waals surface area contributed by atoms with Crippen molar-refractivity contribution in [1.29, 1.82) is 0 Å². The molecule has 0 saturated carbocycles. The number of anilines is 2. The molecule has 13 heteroatoms. The highest BCUT2D eigenvalue weighted by atomic mass is 19.1. The van der Waals surface area contributed by atoms with Crippen molar-refractivity contribution in [2.75, 3.05) is 69.2 Å². The summed E-state index contributed by atoms with van der Waals surface area (Å²) >= 11 is 0. The first kappa shape index (κ1) is 31.9. The van der Waals surface area contributed by atoms with Gasteiger partial charge in [-0.25, -0.2) is 14.4 Å². The Morgan fingerprint density at radius 3 is 2.58 bits per heavy atom. The van der Waals surface area contributed by atoms with Crippen LogP contribution in [0.2, 0.25) is 0 Å². The number of nitrogens with one attached hydrogen (secondary N) is 3. The number of H-pyrrole nitrogens is 1. The Bertz CT molecular complexity index is 1780. The number of benzene rings is 1. The molecule has 250 valence electrons. The van der Waals surface area contributed by atoms with Gasteiger partial charge in [-0.05, 0) is 86.4 Å². The fraction of sp³-hybridized carbons (Fsp3) is 0.400. The molecule has 3 fully saturated rings. The van der Waals surface area contributed by atoms with E-state index >= 15 is 0 Å². The van der Waals surface area contributed by atoms with Gasteiger partial charge in [0.05, 0.1) is 18.6 Å². The summed E-state index contributed by atoms with van der Waals surface area (Å²) in [6.45, 7) is 7.37. The largest absolute Gasteiger partial charge is 0.378 e. The number of hydrogen-bond donors (Lipinski definition) is 3. The zero-order valence-corrected chi connectivity index (χ0v) is 26.8.